The van der Waals surface area contributed by atoms with Crippen molar-refractivity contribution in [3.63, 3.8) is 0 Å². The summed E-state index contributed by atoms with van der Waals surface area (Å²) < 4.78 is 1.99. The second kappa shape index (κ2) is 2.20. The van der Waals surface area contributed by atoms with Crippen LogP contribution in [0.1, 0.15) is 11.4 Å². The van der Waals surface area contributed by atoms with Crippen LogP contribution in [-0.2, 0) is 0 Å². The molecule has 0 amide bonds. The van der Waals surface area contributed by atoms with Crippen LogP contribution in [0.15, 0.2) is 12.4 Å². The first-order valence-corrected chi connectivity index (χ1v) is 3.75. The Bertz CT molecular complexity index is 430. The Kier molecular flexibility index (Phi) is 1.30. The van der Waals surface area contributed by atoms with E-state index >= 15 is 0 Å². The highest BCUT2D eigenvalue weighted by molar-refractivity contribution is 5.50. The molecule has 2 N–H and O–H groups in total. The lowest BCUT2D eigenvalue weighted by Gasteiger charge is -1.99. The lowest BCUT2D eigenvalue weighted by Crippen LogP contribution is -1.94. The summed E-state index contributed by atoms with van der Waals surface area (Å²) in [5.74, 6) is 0.575. The third-order valence-corrected chi connectivity index (χ3v) is 1.97. The van der Waals surface area contributed by atoms with E-state index in [1.165, 1.54) is 0 Å². The fourth-order valence-corrected chi connectivity index (χ4v) is 1.34. The zero-order valence-corrected chi connectivity index (χ0v) is 7.07. The molecule has 4 nitrogen and oxygen atoms in total. The molecule has 0 atom stereocenters. The molecule has 2 rings (SSSR count). The number of aromatic nitrogens is 3. The molecule has 4 heteroatoms. The molecular weight excluding hydrogens is 152 g/mol. The van der Waals surface area contributed by atoms with E-state index in [0.717, 1.165) is 17.0 Å². The Balaban J connectivity index is 2.97. The van der Waals surface area contributed by atoms with Crippen molar-refractivity contribution in [3.8, 4) is 0 Å². The first-order chi connectivity index (χ1) is 5.70. The summed E-state index contributed by atoms with van der Waals surface area (Å²) in [6.07, 6.45) is 3.50. The SMILES string of the molecule is Cc1cncc2nc(N)c(C)n12. The molecule has 0 bridgehead atoms. The van der Waals surface area contributed by atoms with Crippen LogP contribution in [0.4, 0.5) is 5.82 Å². The minimum Gasteiger partial charge on any atom is -0.382 e. The minimum absolute atomic E-state index is 0.575. The molecule has 0 saturated heterocycles. The molecule has 0 radical (unpaired) electrons. The van der Waals surface area contributed by atoms with Crippen molar-refractivity contribution < 1.29 is 0 Å². The third kappa shape index (κ3) is 0.777. The maximum Gasteiger partial charge on any atom is 0.158 e. The summed E-state index contributed by atoms with van der Waals surface area (Å²) in [5, 5.41) is 0. The van der Waals surface area contributed by atoms with Crippen molar-refractivity contribution in [1.82, 2.24) is 14.4 Å². The van der Waals surface area contributed by atoms with E-state index in [1.807, 2.05) is 18.2 Å². The Morgan fingerprint density at radius 1 is 1.33 bits per heavy atom. The van der Waals surface area contributed by atoms with Gasteiger partial charge in [0, 0.05) is 11.9 Å². The number of nitrogens with zero attached hydrogens (tertiary/aromatic N) is 3. The number of hydrogen-bond acceptors (Lipinski definition) is 3. The summed E-state index contributed by atoms with van der Waals surface area (Å²) in [6, 6.07) is 0. The summed E-state index contributed by atoms with van der Waals surface area (Å²) in [6.45, 7) is 3.93. The Morgan fingerprint density at radius 2 is 2.08 bits per heavy atom. The fourth-order valence-electron chi connectivity index (χ4n) is 1.34. The number of nitrogen functional groups attached to an aromatic ring is 1. The van der Waals surface area contributed by atoms with Gasteiger partial charge in [-0.15, -0.1) is 0 Å². The van der Waals surface area contributed by atoms with E-state index in [0.29, 0.717) is 5.82 Å². The van der Waals surface area contributed by atoms with Crippen LogP contribution >= 0.6 is 0 Å². The number of anilines is 1. The first kappa shape index (κ1) is 7.09. The van der Waals surface area contributed by atoms with Gasteiger partial charge in [-0.05, 0) is 13.8 Å². The maximum absolute atomic E-state index is 5.66. The molecule has 62 valence electrons. The summed E-state index contributed by atoms with van der Waals surface area (Å²) in [4.78, 5) is 8.18. The van der Waals surface area contributed by atoms with Gasteiger partial charge < -0.3 is 5.73 Å². The van der Waals surface area contributed by atoms with Gasteiger partial charge in [0.15, 0.2) is 5.65 Å². The predicted molar refractivity (Wildman–Crippen MR) is 46.9 cm³/mol. The van der Waals surface area contributed by atoms with Crippen LogP contribution in [0, 0.1) is 13.8 Å². The highest BCUT2D eigenvalue weighted by Crippen LogP contribution is 2.13. The monoisotopic (exact) mass is 162 g/mol. The molecule has 0 fully saturated rings. The molecule has 12 heavy (non-hydrogen) atoms. The number of aryl methyl sites for hydroxylation is 2. The number of hydrogen-bond donors (Lipinski definition) is 1. The topological polar surface area (TPSA) is 56.2 Å². The van der Waals surface area contributed by atoms with Crippen molar-refractivity contribution in [3.05, 3.63) is 23.8 Å². The second-order valence-corrected chi connectivity index (χ2v) is 2.82. The Hall–Kier alpha value is -1.58. The average Bonchev–Trinajstić information content (AvgIpc) is 2.29. The molecule has 2 aromatic heterocycles. The van der Waals surface area contributed by atoms with Crippen LogP contribution < -0.4 is 5.73 Å². The number of nitrogens with two attached hydrogens (primary N) is 1. The molecular formula is C8H10N4. The normalized spacial score (nSPS) is 10.8. The number of rotatable bonds is 0. The predicted octanol–water partition coefficient (Wildman–Crippen LogP) is 0.928. The Labute approximate surface area is 70.1 Å². The molecule has 0 aliphatic heterocycles. The number of fused-ring (bicyclic) bond motifs is 1. The van der Waals surface area contributed by atoms with Gasteiger partial charge in [0.05, 0.1) is 11.9 Å². The molecule has 2 aromatic rings. The van der Waals surface area contributed by atoms with E-state index < -0.39 is 0 Å². The van der Waals surface area contributed by atoms with Gasteiger partial charge in [0.1, 0.15) is 5.82 Å². The van der Waals surface area contributed by atoms with E-state index in [4.69, 9.17) is 5.73 Å². The van der Waals surface area contributed by atoms with E-state index in [9.17, 15) is 0 Å². The van der Waals surface area contributed by atoms with Crippen LogP contribution in [-0.4, -0.2) is 14.4 Å². The van der Waals surface area contributed by atoms with Gasteiger partial charge >= 0.3 is 0 Å². The first-order valence-electron chi connectivity index (χ1n) is 3.75. The minimum atomic E-state index is 0.575. The van der Waals surface area contributed by atoms with Gasteiger partial charge in [0.25, 0.3) is 0 Å². The third-order valence-electron chi connectivity index (χ3n) is 1.97. The van der Waals surface area contributed by atoms with E-state index in [1.54, 1.807) is 12.4 Å². The second-order valence-electron chi connectivity index (χ2n) is 2.82. The van der Waals surface area contributed by atoms with Crippen LogP contribution in [0.2, 0.25) is 0 Å². The van der Waals surface area contributed by atoms with Gasteiger partial charge in [-0.1, -0.05) is 0 Å². The van der Waals surface area contributed by atoms with Crippen LogP contribution in [0.3, 0.4) is 0 Å². The van der Waals surface area contributed by atoms with Gasteiger partial charge in [0.2, 0.25) is 0 Å². The van der Waals surface area contributed by atoms with Gasteiger partial charge in [-0.25, -0.2) is 4.98 Å². The van der Waals surface area contributed by atoms with Gasteiger partial charge in [-0.2, -0.15) is 0 Å². The quantitative estimate of drug-likeness (QED) is 0.627. The van der Waals surface area contributed by atoms with E-state index in [2.05, 4.69) is 9.97 Å². The van der Waals surface area contributed by atoms with Crippen molar-refractivity contribution in [2.75, 3.05) is 5.73 Å². The molecule has 0 aliphatic carbocycles. The summed E-state index contributed by atoms with van der Waals surface area (Å²) in [5.41, 5.74) is 8.50. The molecule has 2 heterocycles. The molecule has 0 aromatic carbocycles. The van der Waals surface area contributed by atoms with Crippen molar-refractivity contribution in [2.45, 2.75) is 13.8 Å². The maximum atomic E-state index is 5.66. The average molecular weight is 162 g/mol. The number of imidazole rings is 1. The highest BCUT2D eigenvalue weighted by atomic mass is 15.1. The lowest BCUT2D eigenvalue weighted by atomic mass is 10.4. The fraction of sp³-hybridized carbons (Fsp3) is 0.250. The molecule has 0 saturated carbocycles. The van der Waals surface area contributed by atoms with Crippen LogP contribution in [0.25, 0.3) is 5.65 Å². The largest absolute Gasteiger partial charge is 0.382 e. The summed E-state index contributed by atoms with van der Waals surface area (Å²) >= 11 is 0. The van der Waals surface area contributed by atoms with Crippen molar-refractivity contribution in [1.29, 1.82) is 0 Å². The smallest absolute Gasteiger partial charge is 0.158 e. The van der Waals surface area contributed by atoms with Gasteiger partial charge in [-0.3, -0.25) is 9.38 Å². The molecule has 0 spiro atoms. The molecule has 0 aliphatic rings. The Morgan fingerprint density at radius 3 is 2.75 bits per heavy atom. The molecule has 0 unspecified atom stereocenters. The van der Waals surface area contributed by atoms with E-state index in [-0.39, 0.29) is 0 Å². The van der Waals surface area contributed by atoms with Crippen LogP contribution in [0.5, 0.6) is 0 Å². The van der Waals surface area contributed by atoms with Crippen molar-refractivity contribution in [2.24, 2.45) is 0 Å². The summed E-state index contributed by atoms with van der Waals surface area (Å²) in [7, 11) is 0. The highest BCUT2D eigenvalue weighted by Gasteiger charge is 2.05. The lowest BCUT2D eigenvalue weighted by molar-refractivity contribution is 1.01. The zero-order chi connectivity index (χ0) is 8.72. The standard InChI is InChI=1S/C8H10N4/c1-5-3-10-4-7-11-8(9)6(2)12(5)7/h3-4H,9H2,1-2H3. The van der Waals surface area contributed by atoms with Crippen molar-refractivity contribution >= 4 is 11.5 Å². The zero-order valence-electron chi connectivity index (χ0n) is 7.07.